The molecule has 2 nitrogen and oxygen atoms in total. The van der Waals surface area contributed by atoms with Crippen LogP contribution in [0.2, 0.25) is 0 Å². The van der Waals surface area contributed by atoms with Gasteiger partial charge in [0.1, 0.15) is 6.10 Å². The highest BCUT2D eigenvalue weighted by atomic mass is 16.5. The molecule has 0 aliphatic rings. The van der Waals surface area contributed by atoms with E-state index >= 15 is 0 Å². The molecule has 0 fully saturated rings. The molecule has 40 heavy (non-hydrogen) atoms. The summed E-state index contributed by atoms with van der Waals surface area (Å²) in [6.45, 7) is 14.6. The topological polar surface area (TPSA) is 26.3 Å². The maximum absolute atomic E-state index is 12.2. The molecule has 0 aliphatic carbocycles. The van der Waals surface area contributed by atoms with Gasteiger partial charge in [-0.15, -0.1) is 0 Å². The smallest absolute Gasteiger partial charge is 0.333 e. The van der Waals surface area contributed by atoms with Gasteiger partial charge in [0.25, 0.3) is 0 Å². The lowest BCUT2D eigenvalue weighted by Crippen LogP contribution is -2.29. The van der Waals surface area contributed by atoms with Gasteiger partial charge in [0.05, 0.1) is 0 Å². The van der Waals surface area contributed by atoms with Crippen molar-refractivity contribution in [3.63, 3.8) is 0 Å². The normalized spacial score (nSPS) is 13.7. The molecule has 238 valence electrons. The summed E-state index contributed by atoms with van der Waals surface area (Å²) < 4.78 is 5.83. The third kappa shape index (κ3) is 25.0. The van der Waals surface area contributed by atoms with Crippen LogP contribution in [0.4, 0.5) is 0 Å². The zero-order chi connectivity index (χ0) is 29.7. The molecule has 0 saturated heterocycles. The Balaban J connectivity index is 4.11. The first-order valence-electron chi connectivity index (χ1n) is 18.3. The number of hydrogen-bond acceptors (Lipinski definition) is 2. The predicted octanol–water partition coefficient (Wildman–Crippen LogP) is 13.3. The molecule has 0 N–H and O–H groups in total. The number of rotatable bonds is 31. The lowest BCUT2D eigenvalue weighted by Gasteiger charge is -2.30. The van der Waals surface area contributed by atoms with Crippen molar-refractivity contribution in [3.8, 4) is 0 Å². The highest BCUT2D eigenvalue weighted by molar-refractivity contribution is 5.87. The van der Waals surface area contributed by atoms with E-state index in [1.807, 2.05) is 0 Å². The molecule has 3 unspecified atom stereocenters. The molecule has 0 radical (unpaired) electrons. The molecule has 0 bridgehead atoms. The van der Waals surface area contributed by atoms with Crippen molar-refractivity contribution in [3.05, 3.63) is 12.2 Å². The summed E-state index contributed by atoms with van der Waals surface area (Å²) in [6, 6.07) is 0. The van der Waals surface area contributed by atoms with E-state index in [1.54, 1.807) is 6.92 Å². The Bertz CT molecular complexity index is 554. The molecular weight excluding hydrogens is 488 g/mol. The second kappa shape index (κ2) is 29.7. The number of unbranched alkanes of at least 4 members (excludes halogenated alkanes) is 23. The first-order valence-corrected chi connectivity index (χ1v) is 18.3. The highest BCUT2D eigenvalue weighted by Crippen LogP contribution is 2.29. The van der Waals surface area contributed by atoms with E-state index in [0.717, 1.165) is 0 Å². The van der Waals surface area contributed by atoms with E-state index in [1.165, 1.54) is 173 Å². The fourth-order valence-electron chi connectivity index (χ4n) is 6.26. The second-order valence-corrected chi connectivity index (χ2v) is 13.2. The highest BCUT2D eigenvalue weighted by Gasteiger charge is 2.26. The number of carbonyl (C=O) groups is 1. The van der Waals surface area contributed by atoms with Gasteiger partial charge in [0.15, 0.2) is 0 Å². The summed E-state index contributed by atoms with van der Waals surface area (Å²) >= 11 is 0. The Morgan fingerprint density at radius 2 is 0.825 bits per heavy atom. The number of ether oxygens (including phenoxy) is 1. The van der Waals surface area contributed by atoms with Crippen LogP contribution in [0, 0.1) is 11.8 Å². The Hall–Kier alpha value is -0.790. The van der Waals surface area contributed by atoms with Crippen LogP contribution in [0.15, 0.2) is 12.2 Å². The molecule has 0 spiro atoms. The fourth-order valence-corrected chi connectivity index (χ4v) is 6.26. The Morgan fingerprint density at radius 1 is 0.525 bits per heavy atom. The lowest BCUT2D eigenvalue weighted by molar-refractivity contribution is -0.147. The summed E-state index contributed by atoms with van der Waals surface area (Å²) in [5, 5.41) is 0. The van der Waals surface area contributed by atoms with Gasteiger partial charge in [-0.05, 0) is 32.1 Å². The van der Waals surface area contributed by atoms with Gasteiger partial charge in [-0.25, -0.2) is 4.79 Å². The van der Waals surface area contributed by atoms with Crippen LogP contribution in [-0.4, -0.2) is 12.1 Å². The summed E-state index contributed by atoms with van der Waals surface area (Å²) in [4.78, 5) is 12.2. The number of hydrogen-bond donors (Lipinski definition) is 0. The van der Waals surface area contributed by atoms with Gasteiger partial charge < -0.3 is 4.74 Å². The van der Waals surface area contributed by atoms with Gasteiger partial charge in [0, 0.05) is 5.57 Å². The quantitative estimate of drug-likeness (QED) is 0.0477. The minimum atomic E-state index is -0.222. The lowest BCUT2D eigenvalue weighted by atomic mass is 9.82. The Morgan fingerprint density at radius 3 is 1.15 bits per heavy atom. The average molecular weight is 563 g/mol. The Kier molecular flexibility index (Phi) is 29.1. The minimum absolute atomic E-state index is 0.0196. The molecule has 0 aromatic carbocycles. The largest absolute Gasteiger partial charge is 0.459 e. The SMILES string of the molecule is C=C(C)C(=O)OC(C)C(CCCCCCCCCCCCCC)C(C)CCCCCCCCCCCCCCC. The molecular formula is C38H74O2. The molecule has 0 amide bonds. The molecule has 0 aromatic rings. The second-order valence-electron chi connectivity index (χ2n) is 13.2. The van der Waals surface area contributed by atoms with E-state index < -0.39 is 0 Å². The van der Waals surface area contributed by atoms with Crippen molar-refractivity contribution < 1.29 is 9.53 Å². The first-order chi connectivity index (χ1) is 19.4. The van der Waals surface area contributed by atoms with Crippen LogP contribution in [-0.2, 0) is 9.53 Å². The summed E-state index contributed by atoms with van der Waals surface area (Å²) in [6.07, 6.45) is 37.3. The summed E-state index contributed by atoms with van der Waals surface area (Å²) in [5.41, 5.74) is 0.514. The van der Waals surface area contributed by atoms with E-state index in [9.17, 15) is 4.79 Å². The maximum Gasteiger partial charge on any atom is 0.333 e. The molecule has 0 rings (SSSR count). The van der Waals surface area contributed by atoms with E-state index in [2.05, 4.69) is 34.3 Å². The predicted molar refractivity (Wildman–Crippen MR) is 179 cm³/mol. The van der Waals surface area contributed by atoms with Gasteiger partial charge in [-0.1, -0.05) is 194 Å². The minimum Gasteiger partial charge on any atom is -0.459 e. The summed E-state index contributed by atoms with van der Waals surface area (Å²) in [5.74, 6) is 0.845. The van der Waals surface area contributed by atoms with E-state index in [4.69, 9.17) is 4.74 Å². The van der Waals surface area contributed by atoms with Crippen LogP contribution in [0.5, 0.6) is 0 Å². The number of carbonyl (C=O) groups excluding carboxylic acids is 1. The van der Waals surface area contributed by atoms with Crippen molar-refractivity contribution in [2.45, 2.75) is 214 Å². The third-order valence-corrected chi connectivity index (χ3v) is 9.13. The molecule has 2 heteroatoms. The zero-order valence-electron chi connectivity index (χ0n) is 28.3. The van der Waals surface area contributed by atoms with Crippen LogP contribution in [0.3, 0.4) is 0 Å². The molecule has 0 aliphatic heterocycles. The van der Waals surface area contributed by atoms with Crippen molar-refractivity contribution in [2.75, 3.05) is 0 Å². The van der Waals surface area contributed by atoms with Crippen molar-refractivity contribution in [2.24, 2.45) is 11.8 Å². The fraction of sp³-hybridized carbons (Fsp3) is 0.921. The standard InChI is InChI=1S/C38H74O2/c1-7-9-11-13-15-17-19-21-22-24-26-28-30-32-35(5)37(36(6)40-38(39)34(3)4)33-31-29-27-25-23-20-18-16-14-12-10-8-2/h35-37H,3,7-33H2,1-2,4-6H3. The van der Waals surface area contributed by atoms with Crippen LogP contribution < -0.4 is 0 Å². The summed E-state index contributed by atoms with van der Waals surface area (Å²) in [7, 11) is 0. The molecule has 0 saturated carbocycles. The van der Waals surface area contributed by atoms with Gasteiger partial charge >= 0.3 is 5.97 Å². The third-order valence-electron chi connectivity index (χ3n) is 9.13. The molecule has 3 atom stereocenters. The average Bonchev–Trinajstić information content (AvgIpc) is 2.93. The Labute approximate surface area is 253 Å². The van der Waals surface area contributed by atoms with Crippen LogP contribution in [0.25, 0.3) is 0 Å². The first kappa shape index (κ1) is 39.2. The van der Waals surface area contributed by atoms with Gasteiger partial charge in [-0.2, -0.15) is 0 Å². The number of esters is 1. The van der Waals surface area contributed by atoms with Crippen LogP contribution >= 0.6 is 0 Å². The van der Waals surface area contributed by atoms with Gasteiger partial charge in [-0.3, -0.25) is 0 Å². The molecule has 0 heterocycles. The maximum atomic E-state index is 12.2. The zero-order valence-corrected chi connectivity index (χ0v) is 28.3. The molecule has 0 aromatic heterocycles. The van der Waals surface area contributed by atoms with Crippen molar-refractivity contribution in [1.82, 2.24) is 0 Å². The van der Waals surface area contributed by atoms with E-state index in [0.29, 0.717) is 17.4 Å². The van der Waals surface area contributed by atoms with Gasteiger partial charge in [0.2, 0.25) is 0 Å². The van der Waals surface area contributed by atoms with E-state index in [-0.39, 0.29) is 12.1 Å². The monoisotopic (exact) mass is 563 g/mol. The van der Waals surface area contributed by atoms with Crippen molar-refractivity contribution >= 4 is 5.97 Å². The van der Waals surface area contributed by atoms with Crippen LogP contribution in [0.1, 0.15) is 208 Å². The van der Waals surface area contributed by atoms with Crippen molar-refractivity contribution in [1.29, 1.82) is 0 Å².